The second kappa shape index (κ2) is 6.93. The molecule has 2 rings (SSSR count). The molecular weight excluding hydrogens is 311 g/mol. The third-order valence-corrected chi connectivity index (χ3v) is 3.57. The van der Waals surface area contributed by atoms with Crippen LogP contribution in [0.2, 0.25) is 10.0 Å². The number of aryl methyl sites for hydroxylation is 2. The van der Waals surface area contributed by atoms with Crippen LogP contribution in [0.3, 0.4) is 0 Å². The summed E-state index contributed by atoms with van der Waals surface area (Å²) in [6, 6.07) is 5.08. The molecule has 0 aliphatic rings. The van der Waals surface area contributed by atoms with Crippen molar-refractivity contribution in [1.29, 1.82) is 0 Å². The lowest BCUT2D eigenvalue weighted by atomic mass is 10.2. The molecule has 0 radical (unpaired) electrons. The minimum absolute atomic E-state index is 0.163. The fraction of sp³-hybridized carbons (Fsp3) is 0.286. The summed E-state index contributed by atoms with van der Waals surface area (Å²) < 4.78 is 1.75. The maximum atomic E-state index is 11.9. The van der Waals surface area contributed by atoms with Crippen LogP contribution in [0.5, 0.6) is 0 Å². The number of carbonyl (C=O) groups is 1. The number of carbonyl (C=O) groups excluding carboxylic acids is 1. The zero-order valence-electron chi connectivity index (χ0n) is 11.8. The Morgan fingerprint density at radius 2 is 2.00 bits per heavy atom. The standard InChI is InChI=1S/C14H16Cl2N4O/c1-9-10(8-20(2)19-9)6-17-7-13(21)18-14-11(15)4-3-5-12(14)16/h3-5,8,17H,6-7H2,1-2H3,(H,18,21). The fourth-order valence-corrected chi connectivity index (χ4v) is 2.43. The summed E-state index contributed by atoms with van der Waals surface area (Å²) in [4.78, 5) is 11.9. The van der Waals surface area contributed by atoms with Gasteiger partial charge >= 0.3 is 0 Å². The van der Waals surface area contributed by atoms with Gasteiger partial charge in [-0.2, -0.15) is 5.10 Å². The molecule has 21 heavy (non-hydrogen) atoms. The Labute approximate surface area is 133 Å². The molecule has 1 amide bonds. The molecule has 0 fully saturated rings. The second-order valence-electron chi connectivity index (χ2n) is 4.66. The number of anilines is 1. The van der Waals surface area contributed by atoms with Crippen molar-refractivity contribution in [3.8, 4) is 0 Å². The molecule has 112 valence electrons. The number of hydrogen-bond donors (Lipinski definition) is 2. The van der Waals surface area contributed by atoms with E-state index in [1.807, 2.05) is 20.2 Å². The minimum atomic E-state index is -0.202. The molecule has 5 nitrogen and oxygen atoms in total. The highest BCUT2D eigenvalue weighted by Crippen LogP contribution is 2.29. The molecular formula is C14H16Cl2N4O. The molecule has 0 bridgehead atoms. The van der Waals surface area contributed by atoms with Crippen LogP contribution < -0.4 is 10.6 Å². The zero-order valence-corrected chi connectivity index (χ0v) is 13.3. The molecule has 0 saturated carbocycles. The van der Waals surface area contributed by atoms with Gasteiger partial charge in [0.2, 0.25) is 5.91 Å². The van der Waals surface area contributed by atoms with Gasteiger partial charge in [0.1, 0.15) is 0 Å². The predicted molar refractivity (Wildman–Crippen MR) is 84.7 cm³/mol. The van der Waals surface area contributed by atoms with Gasteiger partial charge in [0.15, 0.2) is 0 Å². The number of benzene rings is 1. The zero-order chi connectivity index (χ0) is 15.4. The topological polar surface area (TPSA) is 59.0 Å². The Hall–Kier alpha value is -1.56. The first-order valence-corrected chi connectivity index (χ1v) is 7.16. The molecule has 2 aromatic rings. The van der Waals surface area contributed by atoms with Crippen molar-refractivity contribution in [2.75, 3.05) is 11.9 Å². The van der Waals surface area contributed by atoms with Gasteiger partial charge in [0.25, 0.3) is 0 Å². The van der Waals surface area contributed by atoms with E-state index < -0.39 is 0 Å². The van der Waals surface area contributed by atoms with Crippen LogP contribution in [-0.4, -0.2) is 22.2 Å². The molecule has 0 atom stereocenters. The summed E-state index contributed by atoms with van der Waals surface area (Å²) in [6.45, 7) is 2.67. The highest BCUT2D eigenvalue weighted by atomic mass is 35.5. The Morgan fingerprint density at radius 3 is 2.57 bits per heavy atom. The highest BCUT2D eigenvalue weighted by molar-refractivity contribution is 6.39. The lowest BCUT2D eigenvalue weighted by Crippen LogP contribution is -2.28. The van der Waals surface area contributed by atoms with Gasteiger partial charge in [0, 0.05) is 25.4 Å². The molecule has 0 aliphatic carbocycles. The van der Waals surface area contributed by atoms with Crippen LogP contribution in [0.25, 0.3) is 0 Å². The summed E-state index contributed by atoms with van der Waals surface area (Å²) in [5, 5.41) is 10.8. The number of nitrogens with zero attached hydrogens (tertiary/aromatic N) is 2. The number of halogens is 2. The Kier molecular flexibility index (Phi) is 5.22. The van der Waals surface area contributed by atoms with Crippen molar-refractivity contribution in [3.05, 3.63) is 45.7 Å². The third kappa shape index (κ3) is 4.20. The number of nitrogens with one attached hydrogen (secondary N) is 2. The van der Waals surface area contributed by atoms with E-state index in [4.69, 9.17) is 23.2 Å². The van der Waals surface area contributed by atoms with E-state index in [9.17, 15) is 4.79 Å². The van der Waals surface area contributed by atoms with Gasteiger partial charge in [0.05, 0.1) is 28.0 Å². The highest BCUT2D eigenvalue weighted by Gasteiger charge is 2.09. The van der Waals surface area contributed by atoms with Crippen LogP contribution in [-0.2, 0) is 18.4 Å². The quantitative estimate of drug-likeness (QED) is 0.888. The lowest BCUT2D eigenvalue weighted by molar-refractivity contribution is -0.115. The first-order chi connectivity index (χ1) is 9.97. The number of para-hydroxylation sites is 1. The monoisotopic (exact) mass is 326 g/mol. The average molecular weight is 327 g/mol. The van der Waals surface area contributed by atoms with Crippen molar-refractivity contribution in [1.82, 2.24) is 15.1 Å². The molecule has 7 heteroatoms. The number of aromatic nitrogens is 2. The van der Waals surface area contributed by atoms with Crippen molar-refractivity contribution in [2.24, 2.45) is 7.05 Å². The molecule has 1 heterocycles. The predicted octanol–water partition coefficient (Wildman–Crippen LogP) is 2.76. The van der Waals surface area contributed by atoms with E-state index >= 15 is 0 Å². The average Bonchev–Trinajstić information content (AvgIpc) is 2.73. The summed E-state index contributed by atoms with van der Waals surface area (Å²) in [6.07, 6.45) is 1.92. The first kappa shape index (κ1) is 15.8. The lowest BCUT2D eigenvalue weighted by Gasteiger charge is -2.09. The normalized spacial score (nSPS) is 10.7. The number of rotatable bonds is 5. The maximum absolute atomic E-state index is 11.9. The second-order valence-corrected chi connectivity index (χ2v) is 5.48. The van der Waals surface area contributed by atoms with E-state index in [1.165, 1.54) is 0 Å². The Morgan fingerprint density at radius 1 is 1.33 bits per heavy atom. The molecule has 0 unspecified atom stereocenters. The van der Waals surface area contributed by atoms with Crippen LogP contribution in [0.15, 0.2) is 24.4 Å². The Bertz CT molecular complexity index is 634. The van der Waals surface area contributed by atoms with Crippen molar-refractivity contribution in [3.63, 3.8) is 0 Å². The fourth-order valence-electron chi connectivity index (χ4n) is 1.93. The number of hydrogen-bond acceptors (Lipinski definition) is 3. The summed E-state index contributed by atoms with van der Waals surface area (Å²) >= 11 is 12.0. The van der Waals surface area contributed by atoms with Crippen LogP contribution in [0.1, 0.15) is 11.3 Å². The number of amides is 1. The molecule has 1 aromatic heterocycles. The van der Waals surface area contributed by atoms with Gasteiger partial charge in [-0.25, -0.2) is 0 Å². The molecule has 1 aromatic carbocycles. The summed E-state index contributed by atoms with van der Waals surface area (Å²) in [5.74, 6) is -0.202. The van der Waals surface area contributed by atoms with Gasteiger partial charge in [-0.1, -0.05) is 29.3 Å². The minimum Gasteiger partial charge on any atom is -0.322 e. The van der Waals surface area contributed by atoms with Crippen molar-refractivity contribution >= 4 is 34.8 Å². The van der Waals surface area contributed by atoms with E-state index in [0.717, 1.165) is 11.3 Å². The van der Waals surface area contributed by atoms with Crippen LogP contribution >= 0.6 is 23.2 Å². The van der Waals surface area contributed by atoms with E-state index in [2.05, 4.69) is 15.7 Å². The van der Waals surface area contributed by atoms with Crippen molar-refractivity contribution < 1.29 is 4.79 Å². The smallest absolute Gasteiger partial charge is 0.238 e. The van der Waals surface area contributed by atoms with E-state index in [1.54, 1.807) is 22.9 Å². The molecule has 0 aliphatic heterocycles. The van der Waals surface area contributed by atoms with Gasteiger partial charge in [-0.15, -0.1) is 0 Å². The van der Waals surface area contributed by atoms with Crippen molar-refractivity contribution in [2.45, 2.75) is 13.5 Å². The molecule has 0 saturated heterocycles. The molecule has 2 N–H and O–H groups in total. The van der Waals surface area contributed by atoms with Gasteiger partial charge in [-0.3, -0.25) is 9.48 Å². The largest absolute Gasteiger partial charge is 0.322 e. The Balaban J connectivity index is 1.87. The summed E-state index contributed by atoms with van der Waals surface area (Å²) in [5.41, 5.74) is 2.44. The van der Waals surface area contributed by atoms with E-state index in [-0.39, 0.29) is 12.5 Å². The summed E-state index contributed by atoms with van der Waals surface area (Å²) in [7, 11) is 1.86. The first-order valence-electron chi connectivity index (χ1n) is 6.41. The van der Waals surface area contributed by atoms with Crippen LogP contribution in [0.4, 0.5) is 5.69 Å². The SMILES string of the molecule is Cc1nn(C)cc1CNCC(=O)Nc1c(Cl)cccc1Cl. The van der Waals surface area contributed by atoms with Gasteiger partial charge < -0.3 is 10.6 Å². The van der Waals surface area contributed by atoms with E-state index in [0.29, 0.717) is 22.3 Å². The third-order valence-electron chi connectivity index (χ3n) is 2.94. The molecule has 0 spiro atoms. The van der Waals surface area contributed by atoms with Gasteiger partial charge in [-0.05, 0) is 19.1 Å². The van der Waals surface area contributed by atoms with Crippen LogP contribution in [0, 0.1) is 6.92 Å². The maximum Gasteiger partial charge on any atom is 0.238 e.